The third-order valence-corrected chi connectivity index (χ3v) is 4.02. The molecule has 2 aromatic rings. The van der Waals surface area contributed by atoms with E-state index in [1.54, 1.807) is 12.3 Å². The van der Waals surface area contributed by atoms with Crippen LogP contribution in [0.1, 0.15) is 36.6 Å². The minimum Gasteiger partial charge on any atom is -0.481 e. The quantitative estimate of drug-likeness (QED) is 0.683. The number of rotatable bonds is 9. The summed E-state index contributed by atoms with van der Waals surface area (Å²) >= 11 is 0. The van der Waals surface area contributed by atoms with Crippen LogP contribution in [0.4, 0.5) is 4.39 Å². The Morgan fingerprint density at radius 3 is 2.72 bits per heavy atom. The average Bonchev–Trinajstić information content (AvgIpc) is 2.96. The summed E-state index contributed by atoms with van der Waals surface area (Å²) in [7, 11) is 0. The van der Waals surface area contributed by atoms with Crippen molar-refractivity contribution in [2.45, 2.75) is 38.6 Å². The van der Waals surface area contributed by atoms with Crippen LogP contribution in [-0.4, -0.2) is 33.1 Å². The first-order valence-electron chi connectivity index (χ1n) is 8.18. The SMILES string of the molecule is Cc1nccn1CCCNC(=O)CC(CC(=O)O)c1ccccc1F. The van der Waals surface area contributed by atoms with E-state index in [1.807, 2.05) is 17.7 Å². The van der Waals surface area contributed by atoms with Crippen molar-refractivity contribution in [3.05, 3.63) is 53.9 Å². The van der Waals surface area contributed by atoms with Crippen molar-refractivity contribution >= 4 is 11.9 Å². The number of nitrogens with one attached hydrogen (secondary N) is 1. The highest BCUT2D eigenvalue weighted by Crippen LogP contribution is 2.25. The Morgan fingerprint density at radius 1 is 1.32 bits per heavy atom. The zero-order valence-electron chi connectivity index (χ0n) is 14.1. The molecule has 0 fully saturated rings. The molecule has 0 saturated heterocycles. The number of halogens is 1. The number of amides is 1. The number of aromatic nitrogens is 2. The maximum atomic E-state index is 13.9. The molecule has 1 unspecified atom stereocenters. The molecule has 134 valence electrons. The summed E-state index contributed by atoms with van der Waals surface area (Å²) in [6, 6.07) is 5.97. The van der Waals surface area contributed by atoms with E-state index in [9.17, 15) is 14.0 Å². The first-order chi connectivity index (χ1) is 12.0. The van der Waals surface area contributed by atoms with Crippen LogP contribution < -0.4 is 5.32 Å². The Labute approximate surface area is 145 Å². The molecule has 6 nitrogen and oxygen atoms in total. The van der Waals surface area contributed by atoms with Crippen molar-refractivity contribution in [3.63, 3.8) is 0 Å². The molecule has 1 heterocycles. The van der Waals surface area contributed by atoms with E-state index in [-0.39, 0.29) is 24.3 Å². The summed E-state index contributed by atoms with van der Waals surface area (Å²) in [5, 5.41) is 11.8. The summed E-state index contributed by atoms with van der Waals surface area (Å²) in [6.45, 7) is 3.11. The largest absolute Gasteiger partial charge is 0.481 e. The normalized spacial score (nSPS) is 11.9. The van der Waals surface area contributed by atoms with Gasteiger partial charge in [0, 0.05) is 37.8 Å². The van der Waals surface area contributed by atoms with Crippen LogP contribution in [0.15, 0.2) is 36.7 Å². The van der Waals surface area contributed by atoms with Gasteiger partial charge in [-0.3, -0.25) is 9.59 Å². The van der Waals surface area contributed by atoms with Crippen LogP contribution in [0.25, 0.3) is 0 Å². The monoisotopic (exact) mass is 347 g/mol. The Bertz CT molecular complexity index is 730. The molecule has 0 bridgehead atoms. The number of carbonyl (C=O) groups is 2. The summed E-state index contributed by atoms with van der Waals surface area (Å²) in [6.07, 6.45) is 3.98. The van der Waals surface area contributed by atoms with E-state index in [4.69, 9.17) is 5.11 Å². The fourth-order valence-electron chi connectivity index (χ4n) is 2.72. The van der Waals surface area contributed by atoms with E-state index in [0.29, 0.717) is 6.54 Å². The second-order valence-corrected chi connectivity index (χ2v) is 5.89. The van der Waals surface area contributed by atoms with E-state index in [0.717, 1.165) is 18.8 Å². The number of imidazole rings is 1. The first-order valence-corrected chi connectivity index (χ1v) is 8.18. The van der Waals surface area contributed by atoms with Crippen LogP contribution in [0.2, 0.25) is 0 Å². The molecule has 0 radical (unpaired) electrons. The lowest BCUT2D eigenvalue weighted by atomic mass is 9.91. The predicted molar refractivity (Wildman–Crippen MR) is 90.6 cm³/mol. The number of nitrogens with zero attached hydrogens (tertiary/aromatic N) is 2. The third kappa shape index (κ3) is 5.70. The molecule has 0 aliphatic heterocycles. The number of carbonyl (C=O) groups excluding carboxylic acids is 1. The minimum atomic E-state index is -1.06. The van der Waals surface area contributed by atoms with Gasteiger partial charge in [0.1, 0.15) is 11.6 Å². The molecule has 1 atom stereocenters. The summed E-state index contributed by atoms with van der Waals surface area (Å²) in [5.74, 6) is -1.60. The molecule has 25 heavy (non-hydrogen) atoms. The molecule has 1 aromatic heterocycles. The maximum absolute atomic E-state index is 13.9. The van der Waals surface area contributed by atoms with Crippen molar-refractivity contribution in [1.82, 2.24) is 14.9 Å². The van der Waals surface area contributed by atoms with Gasteiger partial charge >= 0.3 is 5.97 Å². The maximum Gasteiger partial charge on any atom is 0.303 e. The third-order valence-electron chi connectivity index (χ3n) is 4.02. The Balaban J connectivity index is 1.86. The highest BCUT2D eigenvalue weighted by Gasteiger charge is 2.21. The van der Waals surface area contributed by atoms with E-state index in [1.165, 1.54) is 18.2 Å². The van der Waals surface area contributed by atoms with Gasteiger partial charge in [0.25, 0.3) is 0 Å². The molecule has 0 spiro atoms. The molecule has 7 heteroatoms. The first kappa shape index (κ1) is 18.6. The Hall–Kier alpha value is -2.70. The van der Waals surface area contributed by atoms with Crippen molar-refractivity contribution in [2.24, 2.45) is 0 Å². The number of hydrogen-bond donors (Lipinski definition) is 2. The minimum absolute atomic E-state index is 0.0582. The Kier molecular flexibility index (Phi) is 6.68. The zero-order valence-corrected chi connectivity index (χ0v) is 14.1. The summed E-state index contributed by atoms with van der Waals surface area (Å²) < 4.78 is 15.9. The van der Waals surface area contributed by atoms with Crippen molar-refractivity contribution in [3.8, 4) is 0 Å². The van der Waals surface area contributed by atoms with Crippen LogP contribution in [-0.2, 0) is 16.1 Å². The lowest BCUT2D eigenvalue weighted by Gasteiger charge is -2.16. The van der Waals surface area contributed by atoms with Crippen molar-refractivity contribution in [1.29, 1.82) is 0 Å². The summed E-state index contributed by atoms with van der Waals surface area (Å²) in [4.78, 5) is 27.3. The van der Waals surface area contributed by atoms with E-state index in [2.05, 4.69) is 10.3 Å². The number of carboxylic acid groups (broad SMARTS) is 1. The molecular weight excluding hydrogens is 325 g/mol. The highest BCUT2D eigenvalue weighted by molar-refractivity contribution is 5.78. The van der Waals surface area contributed by atoms with Crippen LogP contribution in [0.5, 0.6) is 0 Å². The lowest BCUT2D eigenvalue weighted by Crippen LogP contribution is -2.27. The van der Waals surface area contributed by atoms with Crippen molar-refractivity contribution < 1.29 is 19.1 Å². The van der Waals surface area contributed by atoms with Gasteiger partial charge in [-0.25, -0.2) is 9.37 Å². The topological polar surface area (TPSA) is 84.2 Å². The predicted octanol–water partition coefficient (Wildman–Crippen LogP) is 2.49. The molecule has 0 aliphatic rings. The number of carboxylic acids is 1. The molecule has 0 saturated carbocycles. The van der Waals surface area contributed by atoms with E-state index >= 15 is 0 Å². The van der Waals surface area contributed by atoms with Gasteiger partial charge in [0.05, 0.1) is 6.42 Å². The van der Waals surface area contributed by atoms with Crippen LogP contribution in [0.3, 0.4) is 0 Å². The van der Waals surface area contributed by atoms with Gasteiger partial charge in [0.15, 0.2) is 0 Å². The number of aliphatic carboxylic acids is 1. The fourth-order valence-corrected chi connectivity index (χ4v) is 2.72. The lowest BCUT2D eigenvalue weighted by molar-refractivity contribution is -0.137. The second-order valence-electron chi connectivity index (χ2n) is 5.89. The van der Waals surface area contributed by atoms with Gasteiger partial charge in [-0.2, -0.15) is 0 Å². The van der Waals surface area contributed by atoms with Gasteiger partial charge in [-0.05, 0) is 25.0 Å². The summed E-state index contributed by atoms with van der Waals surface area (Å²) in [5.41, 5.74) is 0.258. The van der Waals surface area contributed by atoms with Crippen LogP contribution >= 0.6 is 0 Å². The van der Waals surface area contributed by atoms with E-state index < -0.39 is 17.7 Å². The molecule has 2 rings (SSSR count). The number of hydrogen-bond acceptors (Lipinski definition) is 3. The highest BCUT2D eigenvalue weighted by atomic mass is 19.1. The zero-order chi connectivity index (χ0) is 18.2. The standard InChI is InChI=1S/C18H22FN3O3/c1-13-20-8-10-22(13)9-4-7-21-17(23)11-14(12-18(24)25)15-5-2-3-6-16(15)19/h2-3,5-6,8,10,14H,4,7,9,11-12H2,1H3,(H,21,23)(H,24,25). The molecular formula is C18H22FN3O3. The van der Waals surface area contributed by atoms with Crippen molar-refractivity contribution in [2.75, 3.05) is 6.54 Å². The van der Waals surface area contributed by atoms with Crippen LogP contribution in [0, 0.1) is 12.7 Å². The van der Waals surface area contributed by atoms with Gasteiger partial charge in [0.2, 0.25) is 5.91 Å². The van der Waals surface area contributed by atoms with Gasteiger partial charge in [-0.1, -0.05) is 18.2 Å². The van der Waals surface area contributed by atoms with Gasteiger partial charge in [-0.15, -0.1) is 0 Å². The molecule has 1 amide bonds. The average molecular weight is 347 g/mol. The number of benzene rings is 1. The molecule has 1 aromatic carbocycles. The smallest absolute Gasteiger partial charge is 0.303 e. The number of aryl methyl sites for hydroxylation is 2. The molecule has 2 N–H and O–H groups in total. The fraction of sp³-hybridized carbons (Fsp3) is 0.389. The molecule has 0 aliphatic carbocycles. The second kappa shape index (κ2) is 8.96. The van der Waals surface area contributed by atoms with Gasteiger partial charge < -0.3 is 15.0 Å². The Morgan fingerprint density at radius 2 is 2.08 bits per heavy atom.